The Bertz CT molecular complexity index is 622. The van der Waals surface area contributed by atoms with Gasteiger partial charge in [-0.2, -0.15) is 0 Å². The van der Waals surface area contributed by atoms with Crippen molar-refractivity contribution in [2.24, 2.45) is 5.92 Å². The van der Waals surface area contributed by atoms with Crippen LogP contribution in [0.5, 0.6) is 0 Å². The van der Waals surface area contributed by atoms with Crippen molar-refractivity contribution in [3.63, 3.8) is 0 Å². The zero-order chi connectivity index (χ0) is 15.5. The van der Waals surface area contributed by atoms with Crippen molar-refractivity contribution in [3.05, 3.63) is 28.8 Å². The van der Waals surface area contributed by atoms with Crippen molar-refractivity contribution < 1.29 is 17.9 Å². The van der Waals surface area contributed by atoms with E-state index >= 15 is 0 Å². The second-order valence-electron chi connectivity index (χ2n) is 5.19. The fourth-order valence-electron chi connectivity index (χ4n) is 2.45. The van der Waals surface area contributed by atoms with Gasteiger partial charge in [-0.15, -0.1) is 0 Å². The molecule has 0 atom stereocenters. The number of esters is 1. The highest BCUT2D eigenvalue weighted by atomic mass is 35.7. The van der Waals surface area contributed by atoms with Crippen LogP contribution in [0.3, 0.4) is 0 Å². The van der Waals surface area contributed by atoms with Gasteiger partial charge >= 0.3 is 5.97 Å². The Morgan fingerprint density at radius 2 is 1.90 bits per heavy atom. The molecule has 0 unspecified atom stereocenters. The van der Waals surface area contributed by atoms with Gasteiger partial charge in [0.1, 0.15) is 4.90 Å². The summed E-state index contributed by atoms with van der Waals surface area (Å²) in [7, 11) is 1.28. The van der Waals surface area contributed by atoms with Gasteiger partial charge in [-0.3, -0.25) is 0 Å². The van der Waals surface area contributed by atoms with Crippen LogP contribution in [0.4, 0.5) is 0 Å². The molecular formula is C14H16Cl2O4S. The zero-order valence-electron chi connectivity index (χ0n) is 11.3. The molecule has 116 valence electrons. The molecule has 1 aromatic carbocycles. The summed E-state index contributed by atoms with van der Waals surface area (Å²) in [4.78, 5) is 11.7. The first kappa shape index (κ1) is 16.6. The van der Waals surface area contributed by atoms with E-state index in [2.05, 4.69) is 0 Å². The standard InChI is InChI=1S/C14H16Cl2O4S/c15-12-7-6-11(8-13(12)21(16,18)19)14(17)20-9-10-4-2-1-3-5-10/h6-8,10H,1-5,9H2. The molecule has 0 heterocycles. The first-order valence-electron chi connectivity index (χ1n) is 6.79. The fraction of sp³-hybridized carbons (Fsp3) is 0.500. The van der Waals surface area contributed by atoms with E-state index in [0.717, 1.165) is 31.7 Å². The van der Waals surface area contributed by atoms with E-state index < -0.39 is 15.0 Å². The van der Waals surface area contributed by atoms with Gasteiger partial charge in [-0.05, 0) is 37.0 Å². The van der Waals surface area contributed by atoms with E-state index in [1.165, 1.54) is 18.6 Å². The van der Waals surface area contributed by atoms with Crippen LogP contribution in [-0.2, 0) is 13.8 Å². The Hall–Kier alpha value is -0.780. The number of benzene rings is 1. The third-order valence-electron chi connectivity index (χ3n) is 3.60. The molecule has 0 radical (unpaired) electrons. The molecule has 1 aromatic rings. The lowest BCUT2D eigenvalue weighted by atomic mass is 9.90. The number of carbonyl (C=O) groups is 1. The zero-order valence-corrected chi connectivity index (χ0v) is 13.7. The third-order valence-corrected chi connectivity index (χ3v) is 5.41. The largest absolute Gasteiger partial charge is 0.462 e. The van der Waals surface area contributed by atoms with E-state index in [1.807, 2.05) is 0 Å². The molecule has 0 aromatic heterocycles. The van der Waals surface area contributed by atoms with Gasteiger partial charge in [0.2, 0.25) is 0 Å². The molecule has 4 nitrogen and oxygen atoms in total. The normalized spacial score (nSPS) is 16.7. The SMILES string of the molecule is O=C(OCC1CCCCC1)c1ccc(Cl)c(S(=O)(=O)Cl)c1. The summed E-state index contributed by atoms with van der Waals surface area (Å²) in [5.41, 5.74) is 0.134. The lowest BCUT2D eigenvalue weighted by Crippen LogP contribution is -2.17. The summed E-state index contributed by atoms with van der Waals surface area (Å²) in [6.45, 7) is 0.365. The van der Waals surface area contributed by atoms with Crippen molar-refractivity contribution in [1.29, 1.82) is 0 Å². The smallest absolute Gasteiger partial charge is 0.338 e. The molecule has 0 saturated heterocycles. The fourth-order valence-corrected chi connectivity index (χ4v) is 3.94. The number of rotatable bonds is 4. The van der Waals surface area contributed by atoms with E-state index in [1.54, 1.807) is 0 Å². The number of halogens is 2. The summed E-state index contributed by atoms with van der Waals surface area (Å²) in [5.74, 6) is -0.162. The van der Waals surface area contributed by atoms with Gasteiger partial charge in [0.25, 0.3) is 9.05 Å². The van der Waals surface area contributed by atoms with E-state index in [9.17, 15) is 13.2 Å². The number of hydrogen-bond donors (Lipinski definition) is 0. The first-order valence-corrected chi connectivity index (χ1v) is 9.48. The monoisotopic (exact) mass is 350 g/mol. The molecular weight excluding hydrogens is 335 g/mol. The van der Waals surface area contributed by atoms with Crippen LogP contribution >= 0.6 is 22.3 Å². The Morgan fingerprint density at radius 3 is 2.52 bits per heavy atom. The number of carbonyl (C=O) groups excluding carboxylic acids is 1. The highest BCUT2D eigenvalue weighted by Gasteiger charge is 2.20. The van der Waals surface area contributed by atoms with Crippen molar-refractivity contribution in [1.82, 2.24) is 0 Å². The molecule has 0 aliphatic heterocycles. The maximum absolute atomic E-state index is 12.0. The number of hydrogen-bond acceptors (Lipinski definition) is 4. The van der Waals surface area contributed by atoms with Crippen LogP contribution < -0.4 is 0 Å². The van der Waals surface area contributed by atoms with Crippen LogP contribution in [0.2, 0.25) is 5.02 Å². The highest BCUT2D eigenvalue weighted by molar-refractivity contribution is 8.13. The van der Waals surface area contributed by atoms with Crippen LogP contribution in [0.25, 0.3) is 0 Å². The molecule has 1 aliphatic rings. The average molecular weight is 351 g/mol. The molecule has 0 bridgehead atoms. The molecule has 1 saturated carbocycles. The first-order chi connectivity index (χ1) is 9.88. The van der Waals surface area contributed by atoms with E-state index in [-0.39, 0.29) is 15.5 Å². The molecule has 21 heavy (non-hydrogen) atoms. The van der Waals surface area contributed by atoms with Crippen LogP contribution in [-0.4, -0.2) is 21.0 Å². The van der Waals surface area contributed by atoms with Crippen molar-refractivity contribution in [2.75, 3.05) is 6.61 Å². The molecule has 2 rings (SSSR count). The lowest BCUT2D eigenvalue weighted by molar-refractivity contribution is 0.0410. The van der Waals surface area contributed by atoms with Gasteiger partial charge in [0.05, 0.1) is 17.2 Å². The summed E-state index contributed by atoms with van der Waals surface area (Å²) >= 11 is 5.77. The van der Waals surface area contributed by atoms with Crippen LogP contribution in [0.15, 0.2) is 23.1 Å². The molecule has 7 heteroatoms. The van der Waals surface area contributed by atoms with Gasteiger partial charge < -0.3 is 4.74 Å². The Labute approximate surface area is 133 Å². The Kier molecular flexibility index (Phi) is 5.52. The predicted octanol–water partition coefficient (Wildman–Crippen LogP) is 4.00. The summed E-state index contributed by atoms with van der Waals surface area (Å²) < 4.78 is 28.0. The maximum Gasteiger partial charge on any atom is 0.338 e. The predicted molar refractivity (Wildman–Crippen MR) is 81.3 cm³/mol. The lowest BCUT2D eigenvalue weighted by Gasteiger charge is -2.21. The molecule has 1 aliphatic carbocycles. The van der Waals surface area contributed by atoms with Crippen LogP contribution in [0, 0.1) is 5.92 Å². The second kappa shape index (κ2) is 6.99. The second-order valence-corrected chi connectivity index (χ2v) is 8.13. The van der Waals surface area contributed by atoms with Gasteiger partial charge in [-0.25, -0.2) is 13.2 Å². The summed E-state index contributed by atoms with van der Waals surface area (Å²) in [5, 5.41) is -0.0196. The highest BCUT2D eigenvalue weighted by Crippen LogP contribution is 2.27. The van der Waals surface area contributed by atoms with Crippen molar-refractivity contribution >= 4 is 37.3 Å². The summed E-state index contributed by atoms with van der Waals surface area (Å²) in [6, 6.07) is 3.90. The quantitative estimate of drug-likeness (QED) is 0.608. The maximum atomic E-state index is 12.0. The number of ether oxygens (including phenoxy) is 1. The third kappa shape index (κ3) is 4.59. The Morgan fingerprint density at radius 1 is 1.24 bits per heavy atom. The van der Waals surface area contributed by atoms with Crippen LogP contribution in [0.1, 0.15) is 42.5 Å². The van der Waals surface area contributed by atoms with Gasteiger partial charge in [0.15, 0.2) is 0 Å². The van der Waals surface area contributed by atoms with Gasteiger partial charge in [0, 0.05) is 10.7 Å². The van der Waals surface area contributed by atoms with Gasteiger partial charge in [-0.1, -0.05) is 30.9 Å². The van der Waals surface area contributed by atoms with Crippen molar-refractivity contribution in [3.8, 4) is 0 Å². The molecule has 0 amide bonds. The summed E-state index contributed by atoms with van der Waals surface area (Å²) in [6.07, 6.45) is 5.69. The van der Waals surface area contributed by atoms with Crippen molar-refractivity contribution in [2.45, 2.75) is 37.0 Å². The topological polar surface area (TPSA) is 60.4 Å². The average Bonchev–Trinajstić information content (AvgIpc) is 2.45. The minimum Gasteiger partial charge on any atom is -0.462 e. The Balaban J connectivity index is 2.05. The minimum absolute atomic E-state index is 0.0196. The van der Waals surface area contributed by atoms with E-state index in [0.29, 0.717) is 12.5 Å². The molecule has 0 spiro atoms. The van der Waals surface area contributed by atoms with E-state index in [4.69, 9.17) is 27.0 Å². The minimum atomic E-state index is -3.99. The molecule has 0 N–H and O–H groups in total. The molecule has 1 fully saturated rings.